The Kier molecular flexibility index (Phi) is 5.57. The van der Waals surface area contributed by atoms with Gasteiger partial charge in [-0.2, -0.15) is 0 Å². The predicted octanol–water partition coefficient (Wildman–Crippen LogP) is 2.19. The molecule has 0 saturated carbocycles. The van der Waals surface area contributed by atoms with Gasteiger partial charge in [-0.25, -0.2) is 9.97 Å². The normalized spacial score (nSPS) is 20.4. The number of anilines is 1. The third-order valence-electron chi connectivity index (χ3n) is 5.44. The zero-order chi connectivity index (χ0) is 19.5. The van der Waals surface area contributed by atoms with E-state index in [1.165, 1.54) is 0 Å². The number of carbonyl (C=O) groups excluding carboxylic acids is 1. The predicted molar refractivity (Wildman–Crippen MR) is 104 cm³/mol. The molecule has 2 aliphatic heterocycles. The second-order valence-corrected chi connectivity index (χ2v) is 7.42. The van der Waals surface area contributed by atoms with Crippen LogP contribution in [0, 0.1) is 6.92 Å². The van der Waals surface area contributed by atoms with Crippen LogP contribution in [0.3, 0.4) is 0 Å². The maximum atomic E-state index is 12.8. The smallest absolute Gasteiger partial charge is 0.292 e. The quantitative estimate of drug-likeness (QED) is 0.797. The summed E-state index contributed by atoms with van der Waals surface area (Å²) >= 11 is 0. The van der Waals surface area contributed by atoms with E-state index in [2.05, 4.69) is 21.1 Å². The van der Waals surface area contributed by atoms with Crippen molar-refractivity contribution in [1.29, 1.82) is 0 Å². The molecule has 0 aromatic carbocycles. The maximum Gasteiger partial charge on any atom is 0.292 e. The van der Waals surface area contributed by atoms with E-state index >= 15 is 0 Å². The summed E-state index contributed by atoms with van der Waals surface area (Å²) in [4.78, 5) is 26.2. The topological polar surface area (TPSA) is 84.6 Å². The Morgan fingerprint density at radius 3 is 2.79 bits per heavy atom. The van der Waals surface area contributed by atoms with Crippen molar-refractivity contribution in [2.45, 2.75) is 39.0 Å². The van der Waals surface area contributed by atoms with Crippen molar-refractivity contribution in [3.8, 4) is 0 Å². The lowest BCUT2D eigenvalue weighted by Gasteiger charge is -2.33. The van der Waals surface area contributed by atoms with Gasteiger partial charge in [0.25, 0.3) is 5.91 Å². The first-order chi connectivity index (χ1) is 13.6. The van der Waals surface area contributed by atoms with Gasteiger partial charge < -0.3 is 19.1 Å². The summed E-state index contributed by atoms with van der Waals surface area (Å²) in [7, 11) is 0. The SMILES string of the molecule is CCc1cc(C(=O)N2CCCC(c3cc(N4CCOCC4)nc(C)n3)C2)on1. The monoisotopic (exact) mass is 385 g/mol. The molecule has 2 saturated heterocycles. The minimum atomic E-state index is -0.0870. The average Bonchev–Trinajstić information content (AvgIpc) is 3.23. The molecule has 2 fully saturated rings. The van der Waals surface area contributed by atoms with Gasteiger partial charge in [0.15, 0.2) is 0 Å². The minimum absolute atomic E-state index is 0.0870. The Balaban J connectivity index is 1.51. The van der Waals surface area contributed by atoms with E-state index in [4.69, 9.17) is 14.2 Å². The van der Waals surface area contributed by atoms with Gasteiger partial charge in [0.05, 0.1) is 24.6 Å². The fourth-order valence-electron chi connectivity index (χ4n) is 3.88. The van der Waals surface area contributed by atoms with Gasteiger partial charge in [-0.1, -0.05) is 12.1 Å². The summed E-state index contributed by atoms with van der Waals surface area (Å²) in [5, 5.41) is 3.94. The number of aryl methyl sites for hydroxylation is 2. The van der Waals surface area contributed by atoms with Gasteiger partial charge in [0, 0.05) is 44.2 Å². The van der Waals surface area contributed by atoms with Crippen molar-refractivity contribution in [3.05, 3.63) is 35.1 Å². The van der Waals surface area contributed by atoms with Gasteiger partial charge in [-0.15, -0.1) is 0 Å². The van der Waals surface area contributed by atoms with E-state index in [0.29, 0.717) is 12.3 Å². The number of piperidine rings is 1. The fourth-order valence-corrected chi connectivity index (χ4v) is 3.88. The highest BCUT2D eigenvalue weighted by Gasteiger charge is 2.29. The lowest BCUT2D eigenvalue weighted by atomic mass is 9.94. The van der Waals surface area contributed by atoms with Crippen LogP contribution in [0.25, 0.3) is 0 Å². The molecular formula is C20H27N5O3. The van der Waals surface area contributed by atoms with E-state index in [-0.39, 0.29) is 11.8 Å². The number of hydrogen-bond acceptors (Lipinski definition) is 7. The van der Waals surface area contributed by atoms with E-state index in [9.17, 15) is 4.79 Å². The molecule has 2 aliphatic rings. The number of amides is 1. The molecule has 150 valence electrons. The summed E-state index contributed by atoms with van der Waals surface area (Å²) in [5.41, 5.74) is 1.82. The Morgan fingerprint density at radius 2 is 2.04 bits per heavy atom. The molecule has 0 radical (unpaired) electrons. The molecule has 1 amide bonds. The van der Waals surface area contributed by atoms with Gasteiger partial charge in [0.2, 0.25) is 5.76 Å². The number of aromatic nitrogens is 3. The number of likely N-dealkylation sites (tertiary alicyclic amines) is 1. The molecule has 28 heavy (non-hydrogen) atoms. The molecule has 4 rings (SSSR count). The third kappa shape index (κ3) is 4.01. The number of rotatable bonds is 4. The second-order valence-electron chi connectivity index (χ2n) is 7.42. The zero-order valence-electron chi connectivity index (χ0n) is 16.6. The number of ether oxygens (including phenoxy) is 1. The van der Waals surface area contributed by atoms with Crippen LogP contribution < -0.4 is 4.90 Å². The molecule has 0 N–H and O–H groups in total. The summed E-state index contributed by atoms with van der Waals surface area (Å²) in [6.07, 6.45) is 2.71. The van der Waals surface area contributed by atoms with Crippen LogP contribution in [-0.4, -0.2) is 65.3 Å². The van der Waals surface area contributed by atoms with Crippen LogP contribution in [-0.2, 0) is 11.2 Å². The highest BCUT2D eigenvalue weighted by atomic mass is 16.5. The first kappa shape index (κ1) is 18.9. The molecule has 4 heterocycles. The van der Waals surface area contributed by atoms with Gasteiger partial charge >= 0.3 is 0 Å². The first-order valence-corrected chi connectivity index (χ1v) is 10.1. The van der Waals surface area contributed by atoms with Crippen molar-refractivity contribution >= 4 is 11.7 Å². The van der Waals surface area contributed by atoms with E-state index < -0.39 is 0 Å². The largest absolute Gasteiger partial charge is 0.378 e. The second kappa shape index (κ2) is 8.26. The Labute approximate surface area is 164 Å². The summed E-state index contributed by atoms with van der Waals surface area (Å²) in [5.74, 6) is 2.16. The van der Waals surface area contributed by atoms with Crippen LogP contribution in [0.15, 0.2) is 16.7 Å². The molecule has 1 atom stereocenters. The molecule has 0 bridgehead atoms. The standard InChI is InChI=1S/C20H27N5O3/c1-3-16-11-18(28-23-16)20(26)25-6-4-5-15(13-25)17-12-19(22-14(2)21-17)24-7-9-27-10-8-24/h11-12,15H,3-10,13H2,1-2H3. The van der Waals surface area contributed by atoms with Crippen LogP contribution >= 0.6 is 0 Å². The highest BCUT2D eigenvalue weighted by Crippen LogP contribution is 2.29. The number of morpholine rings is 1. The zero-order valence-corrected chi connectivity index (χ0v) is 16.6. The van der Waals surface area contributed by atoms with Crippen LogP contribution in [0.4, 0.5) is 5.82 Å². The molecule has 1 unspecified atom stereocenters. The molecule has 8 heteroatoms. The molecule has 8 nitrogen and oxygen atoms in total. The van der Waals surface area contributed by atoms with Gasteiger partial charge in [-0.3, -0.25) is 4.79 Å². The lowest BCUT2D eigenvalue weighted by molar-refractivity contribution is 0.0663. The van der Waals surface area contributed by atoms with Crippen molar-refractivity contribution in [3.63, 3.8) is 0 Å². The van der Waals surface area contributed by atoms with Gasteiger partial charge in [0.1, 0.15) is 11.6 Å². The lowest BCUT2D eigenvalue weighted by Crippen LogP contribution is -2.39. The van der Waals surface area contributed by atoms with Crippen molar-refractivity contribution in [2.24, 2.45) is 0 Å². The van der Waals surface area contributed by atoms with Crippen LogP contribution in [0.1, 0.15) is 53.5 Å². The van der Waals surface area contributed by atoms with E-state index in [1.807, 2.05) is 18.7 Å². The van der Waals surface area contributed by atoms with Crippen LogP contribution in [0.2, 0.25) is 0 Å². The van der Waals surface area contributed by atoms with Crippen LogP contribution in [0.5, 0.6) is 0 Å². The summed E-state index contributed by atoms with van der Waals surface area (Å²) in [6, 6.07) is 3.83. The molecule has 0 aliphatic carbocycles. The molecular weight excluding hydrogens is 358 g/mol. The van der Waals surface area contributed by atoms with E-state index in [0.717, 1.165) is 75.1 Å². The van der Waals surface area contributed by atoms with Crippen molar-refractivity contribution < 1.29 is 14.1 Å². The Bertz CT molecular complexity index is 831. The average molecular weight is 385 g/mol. The number of hydrogen-bond donors (Lipinski definition) is 0. The minimum Gasteiger partial charge on any atom is -0.378 e. The summed E-state index contributed by atoms with van der Waals surface area (Å²) in [6.45, 7) is 8.43. The van der Waals surface area contributed by atoms with E-state index in [1.54, 1.807) is 6.07 Å². The highest BCUT2D eigenvalue weighted by molar-refractivity contribution is 5.91. The van der Waals surface area contributed by atoms with Gasteiger partial charge in [-0.05, 0) is 26.2 Å². The van der Waals surface area contributed by atoms with Crippen molar-refractivity contribution in [1.82, 2.24) is 20.0 Å². The maximum absolute atomic E-state index is 12.8. The number of carbonyl (C=O) groups is 1. The Morgan fingerprint density at radius 1 is 1.21 bits per heavy atom. The first-order valence-electron chi connectivity index (χ1n) is 10.1. The third-order valence-corrected chi connectivity index (χ3v) is 5.44. The molecule has 2 aromatic heterocycles. The molecule has 2 aromatic rings. The molecule has 0 spiro atoms. The Hall–Kier alpha value is -2.48. The summed E-state index contributed by atoms with van der Waals surface area (Å²) < 4.78 is 10.7. The van der Waals surface area contributed by atoms with Crippen molar-refractivity contribution in [2.75, 3.05) is 44.3 Å². The fraction of sp³-hybridized carbons (Fsp3) is 0.600. The number of nitrogens with zero attached hydrogens (tertiary/aromatic N) is 5.